The van der Waals surface area contributed by atoms with Crippen LogP contribution >= 0.6 is 0 Å². The van der Waals surface area contributed by atoms with Gasteiger partial charge in [-0.25, -0.2) is 9.97 Å². The number of nitrogens with zero attached hydrogens (tertiary/aromatic N) is 2. The van der Waals surface area contributed by atoms with Crippen LogP contribution in [0.15, 0.2) is 47.1 Å². The number of aromatic nitrogens is 2. The van der Waals surface area contributed by atoms with Gasteiger partial charge >= 0.3 is 0 Å². The third kappa shape index (κ3) is 5.63. The lowest BCUT2D eigenvalue weighted by atomic mass is 10.0. The van der Waals surface area contributed by atoms with Crippen LogP contribution in [0.5, 0.6) is 0 Å². The van der Waals surface area contributed by atoms with Crippen LogP contribution in [0.1, 0.15) is 47.1 Å². The lowest BCUT2D eigenvalue weighted by Gasteiger charge is -2.35. The van der Waals surface area contributed by atoms with Gasteiger partial charge in [0, 0.05) is 11.1 Å². The molecule has 2 heterocycles. The van der Waals surface area contributed by atoms with Crippen LogP contribution in [0.25, 0.3) is 33.1 Å². The summed E-state index contributed by atoms with van der Waals surface area (Å²) in [5.74, 6) is 1.92. The van der Waals surface area contributed by atoms with Gasteiger partial charge in [-0.2, -0.15) is 0 Å². The first-order valence-electron chi connectivity index (χ1n) is 14.1. The molecule has 5 heteroatoms. The Morgan fingerprint density at radius 2 is 1.41 bits per heavy atom. The highest BCUT2D eigenvalue weighted by Crippen LogP contribution is 2.37. The maximum Gasteiger partial charge on any atom is 0.178 e. The van der Waals surface area contributed by atoms with Crippen molar-refractivity contribution in [2.45, 2.75) is 86.2 Å². The molecular weight excluding hydrogens is 485 g/mol. The van der Waals surface area contributed by atoms with E-state index in [0.717, 1.165) is 22.4 Å². The molecule has 3 nitrogen and oxygen atoms in total. The average Bonchev–Trinajstić information content (AvgIpc) is 3.13. The largest absolute Gasteiger partial charge is 0.462 e. The van der Waals surface area contributed by atoms with Gasteiger partial charge in [-0.3, -0.25) is 0 Å². The van der Waals surface area contributed by atoms with Gasteiger partial charge in [0.25, 0.3) is 0 Å². The molecule has 2 aromatic heterocycles. The number of hydrogen-bond donors (Lipinski definition) is 0. The van der Waals surface area contributed by atoms with Crippen LogP contribution in [0.2, 0.25) is 37.8 Å². The summed E-state index contributed by atoms with van der Waals surface area (Å²) in [7, 11) is -3.51. The van der Waals surface area contributed by atoms with Gasteiger partial charge in [-0.1, -0.05) is 96.7 Å². The molecule has 37 heavy (non-hydrogen) atoms. The van der Waals surface area contributed by atoms with Gasteiger partial charge in [0.15, 0.2) is 5.58 Å². The van der Waals surface area contributed by atoms with E-state index in [4.69, 9.17) is 14.4 Å². The lowest BCUT2D eigenvalue weighted by Crippen LogP contribution is -2.51. The summed E-state index contributed by atoms with van der Waals surface area (Å²) < 4.78 is 7.04. The number of rotatable bonds is 9. The number of furan rings is 1. The van der Waals surface area contributed by atoms with E-state index in [1.807, 2.05) is 0 Å². The molecule has 0 saturated carbocycles. The second-order valence-electron chi connectivity index (χ2n) is 13.5. The molecule has 2 aromatic carbocycles. The zero-order chi connectivity index (χ0) is 27.1. The van der Waals surface area contributed by atoms with Crippen LogP contribution in [0.4, 0.5) is 0 Å². The molecular formula is C32H46N2OSi2. The summed E-state index contributed by atoms with van der Waals surface area (Å²) in [5.41, 5.74) is 5.20. The molecule has 0 radical (unpaired) electrons. The topological polar surface area (TPSA) is 38.9 Å². The molecule has 0 aliphatic heterocycles. The van der Waals surface area contributed by atoms with E-state index in [0.29, 0.717) is 17.8 Å². The number of benzene rings is 2. The summed E-state index contributed by atoms with van der Waals surface area (Å²) in [5, 5.41) is 5.38. The summed E-state index contributed by atoms with van der Waals surface area (Å²) in [4.78, 5) is 9.65. The van der Waals surface area contributed by atoms with Crippen molar-refractivity contribution in [1.82, 2.24) is 9.97 Å². The molecule has 0 atom stereocenters. The summed E-state index contributed by atoms with van der Waals surface area (Å²) in [6.45, 7) is 23.8. The van der Waals surface area contributed by atoms with Gasteiger partial charge in [0.2, 0.25) is 0 Å². The third-order valence-corrected chi connectivity index (χ3v) is 15.8. The third-order valence-electron chi connectivity index (χ3n) is 7.53. The van der Waals surface area contributed by atoms with Gasteiger partial charge in [-0.05, 0) is 59.6 Å². The Labute approximate surface area is 226 Å². The minimum Gasteiger partial charge on any atom is -0.462 e. The Balaban J connectivity index is 2.00. The van der Waals surface area contributed by atoms with Gasteiger partial charge in [-0.15, -0.1) is 0 Å². The smallest absolute Gasteiger partial charge is 0.178 e. The summed E-state index contributed by atoms with van der Waals surface area (Å²) >= 11 is 0. The molecule has 0 bridgehead atoms. The van der Waals surface area contributed by atoms with Crippen LogP contribution in [-0.4, -0.2) is 26.1 Å². The van der Waals surface area contributed by atoms with Crippen molar-refractivity contribution in [3.8, 4) is 11.3 Å². The molecule has 198 valence electrons. The summed E-state index contributed by atoms with van der Waals surface area (Å²) in [6, 6.07) is 17.2. The first-order chi connectivity index (χ1) is 17.3. The zero-order valence-corrected chi connectivity index (χ0v) is 26.7. The molecule has 0 aliphatic rings. The molecule has 4 rings (SSSR count). The molecule has 0 aliphatic carbocycles. The fourth-order valence-corrected chi connectivity index (χ4v) is 15.3. The maximum atomic E-state index is 7.04. The summed E-state index contributed by atoms with van der Waals surface area (Å²) in [6.07, 6.45) is 1.74. The Morgan fingerprint density at radius 3 is 1.97 bits per heavy atom. The van der Waals surface area contributed by atoms with Crippen LogP contribution in [0.3, 0.4) is 0 Å². The SMILES string of the molecule is Cc1c([Si](CC(C)C)(CC(C)C)CC(C)C)oc2c(-c3cc([Si](C)(C)C)c4ccccc4c3)ncnc12. The van der Waals surface area contributed by atoms with Crippen molar-refractivity contribution in [3.05, 3.63) is 48.3 Å². The monoisotopic (exact) mass is 530 g/mol. The molecule has 0 amide bonds. The van der Waals surface area contributed by atoms with Gasteiger partial charge in [0.1, 0.15) is 25.6 Å². The van der Waals surface area contributed by atoms with Crippen molar-refractivity contribution in [1.29, 1.82) is 0 Å². The van der Waals surface area contributed by atoms with E-state index < -0.39 is 16.1 Å². The van der Waals surface area contributed by atoms with Gasteiger partial charge in [0.05, 0.1) is 13.5 Å². The number of hydrogen-bond acceptors (Lipinski definition) is 3. The molecule has 0 fully saturated rings. The first kappa shape index (κ1) is 27.8. The van der Waals surface area contributed by atoms with Crippen LogP contribution in [-0.2, 0) is 0 Å². The molecule has 4 aromatic rings. The van der Waals surface area contributed by atoms with E-state index in [1.165, 1.54) is 45.0 Å². The van der Waals surface area contributed by atoms with Crippen molar-refractivity contribution in [2.24, 2.45) is 17.8 Å². The fourth-order valence-electron chi connectivity index (χ4n) is 6.68. The Kier molecular flexibility index (Phi) is 7.88. The minimum atomic E-state index is -1.92. The standard InChI is InChI=1S/C32H46N2OSi2/c1-21(2)17-37(18-22(3)4,19-23(5)6)32-24(7)29-31(35-32)30(34-20-33-29)26-15-25-13-11-12-14-27(25)28(16-26)36(8,9)10/h11-16,20-23H,17-19H2,1-10H3. The molecule has 0 spiro atoms. The lowest BCUT2D eigenvalue weighted by molar-refractivity contribution is 0.608. The highest BCUT2D eigenvalue weighted by atomic mass is 28.3. The maximum absolute atomic E-state index is 7.04. The van der Waals surface area contributed by atoms with Crippen LogP contribution < -0.4 is 10.6 Å². The van der Waals surface area contributed by atoms with Crippen molar-refractivity contribution >= 4 is 48.6 Å². The molecule has 0 saturated heterocycles. The normalized spacial score (nSPS) is 13.1. The highest BCUT2D eigenvalue weighted by Gasteiger charge is 2.42. The Hall–Kier alpha value is -2.25. The van der Waals surface area contributed by atoms with E-state index >= 15 is 0 Å². The van der Waals surface area contributed by atoms with E-state index in [9.17, 15) is 0 Å². The van der Waals surface area contributed by atoms with E-state index in [1.54, 1.807) is 6.33 Å². The first-order valence-corrected chi connectivity index (χ1v) is 20.2. The van der Waals surface area contributed by atoms with Crippen molar-refractivity contribution in [2.75, 3.05) is 0 Å². The van der Waals surface area contributed by atoms with Crippen molar-refractivity contribution < 1.29 is 4.42 Å². The van der Waals surface area contributed by atoms with Crippen molar-refractivity contribution in [3.63, 3.8) is 0 Å². The Bertz CT molecular complexity index is 1370. The van der Waals surface area contributed by atoms with E-state index in [-0.39, 0.29) is 0 Å². The predicted molar refractivity (Wildman–Crippen MR) is 167 cm³/mol. The predicted octanol–water partition coefficient (Wildman–Crippen LogP) is 8.52. The van der Waals surface area contributed by atoms with Gasteiger partial charge < -0.3 is 4.42 Å². The highest BCUT2D eigenvalue weighted by molar-refractivity contribution is 6.91. The van der Waals surface area contributed by atoms with E-state index in [2.05, 4.69) is 105 Å². The molecule has 0 unspecified atom stereocenters. The van der Waals surface area contributed by atoms with Crippen LogP contribution in [0, 0.1) is 24.7 Å². The number of fused-ring (bicyclic) bond motifs is 2. The second kappa shape index (κ2) is 10.5. The molecule has 0 N–H and O–H groups in total. The zero-order valence-electron chi connectivity index (χ0n) is 24.7. The average molecular weight is 531 g/mol. The quantitative estimate of drug-likeness (QED) is 0.204. The Morgan fingerprint density at radius 1 is 0.811 bits per heavy atom. The fraction of sp³-hybridized carbons (Fsp3) is 0.500. The second-order valence-corrected chi connectivity index (χ2v) is 22.8. The number of aryl methyl sites for hydroxylation is 1. The minimum absolute atomic E-state index is 0.641.